The van der Waals surface area contributed by atoms with Gasteiger partial charge in [-0.15, -0.1) is 0 Å². The number of aryl methyl sites for hydroxylation is 2. The predicted molar refractivity (Wildman–Crippen MR) is 106 cm³/mol. The minimum Gasteiger partial charge on any atom is -0.452 e. The van der Waals surface area contributed by atoms with Crippen LogP contribution in [0.25, 0.3) is 0 Å². The summed E-state index contributed by atoms with van der Waals surface area (Å²) < 4.78 is 5.11. The van der Waals surface area contributed by atoms with Gasteiger partial charge in [0.15, 0.2) is 6.61 Å². The smallest absolute Gasteiger partial charge is 0.338 e. The van der Waals surface area contributed by atoms with E-state index >= 15 is 0 Å². The van der Waals surface area contributed by atoms with Gasteiger partial charge < -0.3 is 10.1 Å². The fourth-order valence-electron chi connectivity index (χ4n) is 2.99. The Bertz CT molecular complexity index is 868. The molecule has 6 nitrogen and oxygen atoms in total. The third-order valence-corrected chi connectivity index (χ3v) is 4.22. The monoisotopic (exact) mass is 365 g/mol. The summed E-state index contributed by atoms with van der Waals surface area (Å²) in [5.74, 6) is -0.898. The molecule has 1 N–H and O–H groups in total. The average molecular weight is 365 g/mol. The van der Waals surface area contributed by atoms with Gasteiger partial charge >= 0.3 is 5.97 Å². The summed E-state index contributed by atoms with van der Waals surface area (Å²) >= 11 is 0. The van der Waals surface area contributed by atoms with Crippen LogP contribution in [-0.2, 0) is 9.53 Å². The number of carbonyl (C=O) groups excluding carboxylic acids is 2. The van der Waals surface area contributed by atoms with Crippen LogP contribution in [0.5, 0.6) is 0 Å². The number of benzene rings is 2. The number of hydrazone groups is 1. The fraction of sp³-hybridized carbons (Fsp3) is 0.286. The van der Waals surface area contributed by atoms with Crippen LogP contribution in [-0.4, -0.2) is 30.7 Å². The number of rotatable bonds is 5. The lowest BCUT2D eigenvalue weighted by molar-refractivity contribution is -0.119. The van der Waals surface area contributed by atoms with Crippen LogP contribution >= 0.6 is 0 Å². The molecule has 1 aliphatic heterocycles. The van der Waals surface area contributed by atoms with Gasteiger partial charge in [0.05, 0.1) is 11.3 Å². The summed E-state index contributed by atoms with van der Waals surface area (Å²) in [6.07, 6.45) is 0.944. The van der Waals surface area contributed by atoms with E-state index < -0.39 is 5.97 Å². The number of hydrogen-bond donors (Lipinski definition) is 1. The Labute approximate surface area is 158 Å². The molecule has 0 fully saturated rings. The van der Waals surface area contributed by atoms with Crippen molar-refractivity contribution in [2.75, 3.05) is 23.5 Å². The van der Waals surface area contributed by atoms with Crippen molar-refractivity contribution in [3.05, 3.63) is 59.2 Å². The van der Waals surface area contributed by atoms with Gasteiger partial charge in [-0.3, -0.25) is 9.80 Å². The molecule has 0 unspecified atom stereocenters. The van der Waals surface area contributed by atoms with Crippen LogP contribution in [0, 0.1) is 13.8 Å². The summed E-state index contributed by atoms with van der Waals surface area (Å²) in [7, 11) is 0. The van der Waals surface area contributed by atoms with Crippen molar-refractivity contribution >= 4 is 29.0 Å². The lowest BCUT2D eigenvalue weighted by atomic mass is 10.1. The lowest BCUT2D eigenvalue weighted by Crippen LogP contribution is -2.21. The first kappa shape index (κ1) is 18.6. The number of carbonyl (C=O) groups is 2. The van der Waals surface area contributed by atoms with Crippen LogP contribution in [0.4, 0.5) is 11.4 Å². The van der Waals surface area contributed by atoms with Gasteiger partial charge in [-0.25, -0.2) is 4.79 Å². The highest BCUT2D eigenvalue weighted by Crippen LogP contribution is 2.20. The number of ether oxygens (including phenoxy) is 1. The lowest BCUT2D eigenvalue weighted by Gasteiger charge is -2.13. The summed E-state index contributed by atoms with van der Waals surface area (Å²) in [6.45, 7) is 6.43. The molecular formula is C21H23N3O3. The molecule has 2 aromatic carbocycles. The maximum absolute atomic E-state index is 12.2. The number of anilines is 2. The predicted octanol–water partition coefficient (Wildman–Crippen LogP) is 3.68. The van der Waals surface area contributed by atoms with E-state index in [1.165, 1.54) is 0 Å². The van der Waals surface area contributed by atoms with E-state index in [4.69, 9.17) is 4.74 Å². The second-order valence-electron chi connectivity index (χ2n) is 6.76. The van der Waals surface area contributed by atoms with E-state index in [0.29, 0.717) is 11.3 Å². The first-order chi connectivity index (χ1) is 12.9. The van der Waals surface area contributed by atoms with Crippen LogP contribution in [0.2, 0.25) is 0 Å². The molecule has 0 radical (unpaired) electrons. The van der Waals surface area contributed by atoms with Gasteiger partial charge in [0.1, 0.15) is 0 Å². The van der Waals surface area contributed by atoms with Crippen molar-refractivity contribution in [2.45, 2.75) is 27.2 Å². The molecule has 1 amide bonds. The summed E-state index contributed by atoms with van der Waals surface area (Å²) in [5, 5.41) is 9.07. The van der Waals surface area contributed by atoms with Gasteiger partial charge in [-0.05, 0) is 68.3 Å². The van der Waals surface area contributed by atoms with Crippen molar-refractivity contribution in [2.24, 2.45) is 5.10 Å². The Hall–Kier alpha value is -3.15. The SMILES string of the molecule is CC1=NN(c2ccc(C(=O)OCC(=O)Nc3cc(C)cc(C)c3)cc2)CC1. The fourth-order valence-corrected chi connectivity index (χ4v) is 2.99. The first-order valence-corrected chi connectivity index (χ1v) is 8.88. The zero-order valence-corrected chi connectivity index (χ0v) is 15.8. The number of esters is 1. The minimum atomic E-state index is -0.529. The van der Waals surface area contributed by atoms with E-state index in [9.17, 15) is 9.59 Å². The molecular weight excluding hydrogens is 342 g/mol. The van der Waals surface area contributed by atoms with Gasteiger partial charge in [0.25, 0.3) is 5.91 Å². The summed E-state index contributed by atoms with van der Waals surface area (Å²) in [4.78, 5) is 24.2. The number of nitrogens with one attached hydrogen (secondary N) is 1. The third kappa shape index (κ3) is 4.94. The van der Waals surface area contributed by atoms with Gasteiger partial charge in [-0.1, -0.05) is 6.07 Å². The van der Waals surface area contributed by atoms with Crippen molar-refractivity contribution in [3.63, 3.8) is 0 Å². The molecule has 0 bridgehead atoms. The maximum Gasteiger partial charge on any atom is 0.338 e. The number of nitrogens with zero attached hydrogens (tertiary/aromatic N) is 2. The molecule has 0 saturated carbocycles. The van der Waals surface area contributed by atoms with Crippen LogP contribution in [0.15, 0.2) is 47.6 Å². The summed E-state index contributed by atoms with van der Waals surface area (Å²) in [6, 6.07) is 12.8. The normalized spacial score (nSPS) is 13.3. The molecule has 6 heteroatoms. The number of hydrogen-bond acceptors (Lipinski definition) is 5. The molecule has 0 spiro atoms. The van der Waals surface area contributed by atoms with Crippen LogP contribution in [0.1, 0.15) is 34.8 Å². The van der Waals surface area contributed by atoms with E-state index in [1.54, 1.807) is 12.1 Å². The highest BCUT2D eigenvalue weighted by Gasteiger charge is 2.15. The molecule has 3 rings (SSSR count). The Morgan fingerprint density at radius 1 is 1.07 bits per heavy atom. The first-order valence-electron chi connectivity index (χ1n) is 8.88. The quantitative estimate of drug-likeness (QED) is 0.821. The highest BCUT2D eigenvalue weighted by atomic mass is 16.5. The number of amides is 1. The topological polar surface area (TPSA) is 71.0 Å². The van der Waals surface area contributed by atoms with Gasteiger partial charge in [0, 0.05) is 24.4 Å². The van der Waals surface area contributed by atoms with E-state index in [1.807, 2.05) is 56.1 Å². The van der Waals surface area contributed by atoms with E-state index in [-0.39, 0.29) is 12.5 Å². The molecule has 1 aliphatic rings. The van der Waals surface area contributed by atoms with Crippen molar-refractivity contribution in [1.29, 1.82) is 0 Å². The Morgan fingerprint density at radius 2 is 1.74 bits per heavy atom. The van der Waals surface area contributed by atoms with Gasteiger partial charge in [-0.2, -0.15) is 5.10 Å². The Kier molecular flexibility index (Phi) is 5.54. The van der Waals surface area contributed by atoms with Crippen molar-refractivity contribution in [3.8, 4) is 0 Å². The molecule has 0 aromatic heterocycles. The van der Waals surface area contributed by atoms with Crippen molar-refractivity contribution < 1.29 is 14.3 Å². The maximum atomic E-state index is 12.2. The molecule has 0 saturated heterocycles. The van der Waals surface area contributed by atoms with Crippen LogP contribution in [0.3, 0.4) is 0 Å². The Balaban J connectivity index is 1.53. The van der Waals surface area contributed by atoms with Gasteiger partial charge in [0.2, 0.25) is 0 Å². The van der Waals surface area contributed by atoms with E-state index in [0.717, 1.165) is 35.5 Å². The molecule has 2 aromatic rings. The zero-order chi connectivity index (χ0) is 19.4. The Morgan fingerprint density at radius 3 is 2.33 bits per heavy atom. The van der Waals surface area contributed by atoms with Crippen molar-refractivity contribution in [1.82, 2.24) is 0 Å². The van der Waals surface area contributed by atoms with Crippen LogP contribution < -0.4 is 10.3 Å². The second-order valence-corrected chi connectivity index (χ2v) is 6.76. The third-order valence-electron chi connectivity index (χ3n) is 4.22. The molecule has 140 valence electrons. The largest absolute Gasteiger partial charge is 0.452 e. The second kappa shape index (κ2) is 8.03. The molecule has 1 heterocycles. The minimum absolute atomic E-state index is 0.330. The molecule has 0 atom stereocenters. The summed E-state index contributed by atoms with van der Waals surface area (Å²) in [5.41, 5.74) is 5.22. The highest BCUT2D eigenvalue weighted by molar-refractivity contribution is 5.95. The molecule has 27 heavy (non-hydrogen) atoms. The standard InChI is InChI=1S/C21H23N3O3/c1-14-10-15(2)12-18(11-14)22-20(25)13-27-21(26)17-4-6-19(7-5-17)24-9-8-16(3)23-24/h4-7,10-12H,8-9,13H2,1-3H3,(H,22,25). The zero-order valence-electron chi connectivity index (χ0n) is 15.8. The average Bonchev–Trinajstić information content (AvgIpc) is 3.05. The molecule has 0 aliphatic carbocycles. The van der Waals surface area contributed by atoms with E-state index in [2.05, 4.69) is 10.4 Å².